The van der Waals surface area contributed by atoms with Crippen molar-refractivity contribution in [1.29, 1.82) is 0 Å². The molecule has 0 N–H and O–H groups in total. The molecule has 1 aromatic rings. The molecule has 1 aromatic heterocycles. The number of nitrogens with zero attached hydrogens (tertiary/aromatic N) is 2. The topological polar surface area (TPSA) is 16.1 Å². The predicted octanol–water partition coefficient (Wildman–Crippen LogP) is 4.26. The van der Waals surface area contributed by atoms with E-state index in [1.54, 1.807) is 11.3 Å². The van der Waals surface area contributed by atoms with Gasteiger partial charge >= 0.3 is 0 Å². The van der Waals surface area contributed by atoms with Gasteiger partial charge in [0.05, 0.1) is 6.04 Å². The molecule has 0 aromatic carbocycles. The Bertz CT molecular complexity index is 418. The molecule has 0 radical (unpaired) electrons. The quantitative estimate of drug-likeness (QED) is 0.699. The molecule has 1 unspecified atom stereocenters. The maximum atomic E-state index is 4.43. The third-order valence-corrected chi connectivity index (χ3v) is 3.83. The van der Waals surface area contributed by atoms with Crippen molar-refractivity contribution in [3.8, 4) is 0 Å². The SMILES string of the molecule is C=CN(C)C(CC)c1cnc(C(=C)C=CC)s1. The van der Waals surface area contributed by atoms with Crippen molar-refractivity contribution in [3.63, 3.8) is 0 Å². The minimum absolute atomic E-state index is 0.358. The van der Waals surface area contributed by atoms with E-state index in [9.17, 15) is 0 Å². The highest BCUT2D eigenvalue weighted by molar-refractivity contribution is 7.12. The normalized spacial score (nSPS) is 12.6. The summed E-state index contributed by atoms with van der Waals surface area (Å²) in [7, 11) is 2.04. The highest BCUT2D eigenvalue weighted by Gasteiger charge is 2.15. The lowest BCUT2D eigenvalue weighted by Gasteiger charge is -2.23. The van der Waals surface area contributed by atoms with E-state index in [1.807, 2.05) is 38.5 Å². The number of hydrogen-bond donors (Lipinski definition) is 0. The fourth-order valence-electron chi connectivity index (χ4n) is 1.68. The Morgan fingerprint density at radius 2 is 2.35 bits per heavy atom. The second-order valence-corrected chi connectivity index (χ2v) is 4.93. The van der Waals surface area contributed by atoms with Crippen LogP contribution in [0.15, 0.2) is 37.7 Å². The van der Waals surface area contributed by atoms with Gasteiger partial charge in [-0.25, -0.2) is 4.98 Å². The molecular weight excluding hydrogens is 228 g/mol. The first-order valence-corrected chi connectivity index (χ1v) is 6.57. The van der Waals surface area contributed by atoms with Crippen molar-refractivity contribution in [2.24, 2.45) is 0 Å². The number of hydrogen-bond acceptors (Lipinski definition) is 3. The summed E-state index contributed by atoms with van der Waals surface area (Å²) < 4.78 is 0. The number of allylic oxidation sites excluding steroid dienone is 3. The Kier molecular flexibility index (Phi) is 5.16. The fraction of sp³-hybridized carbons (Fsp3) is 0.357. The van der Waals surface area contributed by atoms with E-state index in [0.29, 0.717) is 6.04 Å². The molecule has 0 fully saturated rings. The molecule has 17 heavy (non-hydrogen) atoms. The van der Waals surface area contributed by atoms with Crippen LogP contribution in [0.4, 0.5) is 0 Å². The standard InChI is InChI=1S/C14H20N2S/c1-6-9-11(4)14-15-10-13(17-14)12(7-2)16(5)8-3/h6,8-10,12H,3-4,7H2,1-2,5H3. The molecule has 3 heteroatoms. The zero-order chi connectivity index (χ0) is 12.8. The van der Waals surface area contributed by atoms with Gasteiger partial charge in [0.15, 0.2) is 0 Å². The number of rotatable bonds is 6. The van der Waals surface area contributed by atoms with Crippen molar-refractivity contribution in [1.82, 2.24) is 9.88 Å². The van der Waals surface area contributed by atoms with Gasteiger partial charge in [-0.2, -0.15) is 0 Å². The lowest BCUT2D eigenvalue weighted by molar-refractivity contribution is 0.333. The van der Waals surface area contributed by atoms with Gasteiger partial charge in [0.2, 0.25) is 0 Å². The molecule has 1 rings (SSSR count). The predicted molar refractivity (Wildman–Crippen MR) is 77.0 cm³/mol. The highest BCUT2D eigenvalue weighted by atomic mass is 32.1. The van der Waals surface area contributed by atoms with Gasteiger partial charge in [-0.3, -0.25) is 0 Å². The van der Waals surface area contributed by atoms with Gasteiger partial charge in [0.25, 0.3) is 0 Å². The zero-order valence-corrected chi connectivity index (χ0v) is 11.6. The molecule has 0 aliphatic rings. The van der Waals surface area contributed by atoms with Crippen LogP contribution in [-0.2, 0) is 0 Å². The number of thiazole rings is 1. The van der Waals surface area contributed by atoms with Crippen molar-refractivity contribution in [2.45, 2.75) is 26.3 Å². The van der Waals surface area contributed by atoms with Gasteiger partial charge in [0.1, 0.15) is 5.01 Å². The monoisotopic (exact) mass is 248 g/mol. The lowest BCUT2D eigenvalue weighted by atomic mass is 10.2. The molecule has 0 spiro atoms. The van der Waals surface area contributed by atoms with Crippen LogP contribution in [0.25, 0.3) is 5.57 Å². The van der Waals surface area contributed by atoms with Crippen LogP contribution in [0.5, 0.6) is 0 Å². The van der Waals surface area contributed by atoms with E-state index < -0.39 is 0 Å². The summed E-state index contributed by atoms with van der Waals surface area (Å²) in [5.74, 6) is 0. The molecule has 0 bridgehead atoms. The average molecular weight is 248 g/mol. The fourth-order valence-corrected chi connectivity index (χ4v) is 2.78. The Morgan fingerprint density at radius 1 is 1.65 bits per heavy atom. The Labute approximate surface area is 108 Å². The van der Waals surface area contributed by atoms with Gasteiger partial charge in [0, 0.05) is 23.7 Å². The van der Waals surface area contributed by atoms with Crippen LogP contribution < -0.4 is 0 Å². The highest BCUT2D eigenvalue weighted by Crippen LogP contribution is 2.30. The molecule has 0 amide bonds. The molecule has 1 heterocycles. The molecule has 2 nitrogen and oxygen atoms in total. The van der Waals surface area contributed by atoms with Gasteiger partial charge in [-0.15, -0.1) is 11.3 Å². The smallest absolute Gasteiger partial charge is 0.122 e. The second kappa shape index (κ2) is 6.40. The number of aromatic nitrogens is 1. The summed E-state index contributed by atoms with van der Waals surface area (Å²) in [4.78, 5) is 7.81. The Balaban J connectivity index is 2.92. The summed E-state index contributed by atoms with van der Waals surface area (Å²) in [5, 5.41) is 0.994. The lowest BCUT2D eigenvalue weighted by Crippen LogP contribution is -2.16. The van der Waals surface area contributed by atoms with Crippen LogP contribution in [-0.4, -0.2) is 16.9 Å². The first kappa shape index (κ1) is 13.7. The van der Waals surface area contributed by atoms with E-state index in [0.717, 1.165) is 17.0 Å². The first-order chi connectivity index (χ1) is 8.13. The minimum Gasteiger partial charge on any atom is -0.373 e. The van der Waals surface area contributed by atoms with Crippen molar-refractivity contribution in [2.75, 3.05) is 7.05 Å². The van der Waals surface area contributed by atoms with Gasteiger partial charge in [-0.05, 0) is 19.5 Å². The van der Waals surface area contributed by atoms with Crippen molar-refractivity contribution < 1.29 is 0 Å². The molecule has 1 atom stereocenters. The molecule has 0 aliphatic heterocycles. The van der Waals surface area contributed by atoms with E-state index >= 15 is 0 Å². The summed E-state index contributed by atoms with van der Waals surface area (Å²) in [6, 6.07) is 0.358. The maximum absolute atomic E-state index is 4.43. The van der Waals surface area contributed by atoms with Crippen LogP contribution in [0.2, 0.25) is 0 Å². The minimum atomic E-state index is 0.358. The Hall–Kier alpha value is -1.35. The van der Waals surface area contributed by atoms with Gasteiger partial charge < -0.3 is 4.90 Å². The van der Waals surface area contributed by atoms with E-state index in [-0.39, 0.29) is 0 Å². The van der Waals surface area contributed by atoms with E-state index in [2.05, 4.69) is 30.0 Å². The molecular formula is C14H20N2S. The second-order valence-electron chi connectivity index (χ2n) is 3.87. The summed E-state index contributed by atoms with van der Waals surface area (Å²) in [5.41, 5.74) is 0.972. The third-order valence-electron chi connectivity index (χ3n) is 2.66. The first-order valence-electron chi connectivity index (χ1n) is 5.76. The summed E-state index contributed by atoms with van der Waals surface area (Å²) in [6.45, 7) is 12.0. The molecule has 92 valence electrons. The van der Waals surface area contributed by atoms with Crippen molar-refractivity contribution in [3.05, 3.63) is 47.6 Å². The maximum Gasteiger partial charge on any atom is 0.122 e. The summed E-state index contributed by atoms with van der Waals surface area (Å²) >= 11 is 1.71. The van der Waals surface area contributed by atoms with Crippen LogP contribution >= 0.6 is 11.3 Å². The Morgan fingerprint density at radius 3 is 2.88 bits per heavy atom. The van der Waals surface area contributed by atoms with Gasteiger partial charge in [-0.1, -0.05) is 32.2 Å². The van der Waals surface area contributed by atoms with E-state index in [4.69, 9.17) is 0 Å². The summed E-state index contributed by atoms with van der Waals surface area (Å²) in [6.07, 6.45) is 8.81. The van der Waals surface area contributed by atoms with Crippen LogP contribution in [0, 0.1) is 0 Å². The van der Waals surface area contributed by atoms with Crippen molar-refractivity contribution >= 4 is 16.9 Å². The molecule has 0 saturated heterocycles. The van der Waals surface area contributed by atoms with Crippen LogP contribution in [0.1, 0.15) is 36.2 Å². The third kappa shape index (κ3) is 3.30. The molecule has 0 saturated carbocycles. The zero-order valence-electron chi connectivity index (χ0n) is 10.8. The molecule has 0 aliphatic carbocycles. The van der Waals surface area contributed by atoms with Crippen LogP contribution in [0.3, 0.4) is 0 Å². The average Bonchev–Trinajstić information content (AvgIpc) is 2.79. The van der Waals surface area contributed by atoms with E-state index in [1.165, 1.54) is 4.88 Å². The largest absolute Gasteiger partial charge is 0.373 e.